The van der Waals surface area contributed by atoms with E-state index < -0.39 is 11.8 Å². The zero-order valence-corrected chi connectivity index (χ0v) is 14.7. The summed E-state index contributed by atoms with van der Waals surface area (Å²) in [5.41, 5.74) is 2.72. The molecule has 0 spiro atoms. The number of Topliss-reactive ketones (excluding diaryl/α,β-unsaturated/α-hetero) is 1. The third-order valence-corrected chi connectivity index (χ3v) is 4.64. The van der Waals surface area contributed by atoms with E-state index in [1.807, 2.05) is 31.2 Å². The van der Waals surface area contributed by atoms with Gasteiger partial charge in [-0.2, -0.15) is 5.26 Å². The number of hydrogen-bond donors (Lipinski definition) is 1. The summed E-state index contributed by atoms with van der Waals surface area (Å²) in [5.74, 6) is -1.79. The molecule has 26 heavy (non-hydrogen) atoms. The summed E-state index contributed by atoms with van der Waals surface area (Å²) in [6.07, 6.45) is 0.687. The van der Waals surface area contributed by atoms with Crippen molar-refractivity contribution in [3.8, 4) is 11.8 Å². The van der Waals surface area contributed by atoms with E-state index in [9.17, 15) is 14.9 Å². The number of benzene rings is 2. The molecule has 2 aromatic rings. The van der Waals surface area contributed by atoms with Crippen LogP contribution in [0.4, 0.5) is 5.69 Å². The average molecular weight is 348 g/mol. The van der Waals surface area contributed by atoms with Crippen molar-refractivity contribution >= 4 is 17.4 Å². The van der Waals surface area contributed by atoms with Crippen molar-refractivity contribution in [3.63, 3.8) is 0 Å². The number of ketones is 1. The highest BCUT2D eigenvalue weighted by atomic mass is 16.5. The first-order valence-corrected chi connectivity index (χ1v) is 8.48. The maximum absolute atomic E-state index is 12.7. The third kappa shape index (κ3) is 3.75. The lowest BCUT2D eigenvalue weighted by Crippen LogP contribution is -2.30. The van der Waals surface area contributed by atoms with Gasteiger partial charge in [-0.1, -0.05) is 35.9 Å². The van der Waals surface area contributed by atoms with Gasteiger partial charge in [0.25, 0.3) is 0 Å². The Labute approximate surface area is 152 Å². The fraction of sp³-hybridized carbons (Fsp3) is 0.286. The van der Waals surface area contributed by atoms with Crippen LogP contribution in [-0.4, -0.2) is 18.8 Å². The molecule has 1 N–H and O–H groups in total. The highest BCUT2D eigenvalue weighted by Gasteiger charge is 2.47. The number of carbonyl (C=O) groups is 2. The van der Waals surface area contributed by atoms with Gasteiger partial charge in [-0.05, 0) is 37.0 Å². The average Bonchev–Trinajstić information content (AvgIpc) is 3.43. The Morgan fingerprint density at radius 3 is 2.69 bits per heavy atom. The fourth-order valence-electron chi connectivity index (χ4n) is 3.16. The Bertz CT molecular complexity index is 885. The van der Waals surface area contributed by atoms with Crippen LogP contribution in [0.2, 0.25) is 0 Å². The maximum atomic E-state index is 12.7. The quantitative estimate of drug-likeness (QED) is 0.811. The predicted molar refractivity (Wildman–Crippen MR) is 97.8 cm³/mol. The van der Waals surface area contributed by atoms with Crippen LogP contribution in [0, 0.1) is 30.1 Å². The van der Waals surface area contributed by atoms with Crippen LogP contribution in [0.3, 0.4) is 0 Å². The van der Waals surface area contributed by atoms with Crippen molar-refractivity contribution in [2.24, 2.45) is 11.8 Å². The molecule has 132 valence electrons. The summed E-state index contributed by atoms with van der Waals surface area (Å²) in [6, 6.07) is 16.7. The SMILES string of the molecule is COc1cccc(NC(=O)C(C#N)C(=O)C2CC2c2cccc(C)c2)c1. The number of methoxy groups -OCH3 is 1. The van der Waals surface area contributed by atoms with E-state index in [4.69, 9.17) is 4.74 Å². The number of aryl methyl sites for hydroxylation is 1. The first-order chi connectivity index (χ1) is 12.5. The minimum Gasteiger partial charge on any atom is -0.497 e. The van der Waals surface area contributed by atoms with Gasteiger partial charge in [-0.25, -0.2) is 0 Å². The minimum atomic E-state index is -1.30. The second-order valence-corrected chi connectivity index (χ2v) is 6.55. The van der Waals surface area contributed by atoms with Crippen molar-refractivity contribution in [1.29, 1.82) is 5.26 Å². The maximum Gasteiger partial charge on any atom is 0.249 e. The summed E-state index contributed by atoms with van der Waals surface area (Å²) >= 11 is 0. The molecule has 1 saturated carbocycles. The number of amides is 1. The molecule has 5 nitrogen and oxygen atoms in total. The van der Waals surface area contributed by atoms with Crippen molar-refractivity contribution in [3.05, 3.63) is 59.7 Å². The summed E-state index contributed by atoms with van der Waals surface area (Å²) in [5, 5.41) is 12.0. The number of anilines is 1. The van der Waals surface area contributed by atoms with E-state index in [1.165, 1.54) is 7.11 Å². The van der Waals surface area contributed by atoms with Crippen LogP contribution in [-0.2, 0) is 9.59 Å². The first kappa shape index (κ1) is 17.7. The van der Waals surface area contributed by atoms with Crippen molar-refractivity contribution < 1.29 is 14.3 Å². The van der Waals surface area contributed by atoms with E-state index in [2.05, 4.69) is 11.4 Å². The number of carbonyl (C=O) groups excluding carboxylic acids is 2. The van der Waals surface area contributed by atoms with Crippen LogP contribution in [0.15, 0.2) is 48.5 Å². The van der Waals surface area contributed by atoms with Crippen LogP contribution in [0.1, 0.15) is 23.5 Å². The number of ether oxygens (including phenoxy) is 1. The molecule has 0 bridgehead atoms. The number of hydrogen-bond acceptors (Lipinski definition) is 4. The number of rotatable bonds is 6. The van der Waals surface area contributed by atoms with Crippen LogP contribution in [0.5, 0.6) is 5.75 Å². The van der Waals surface area contributed by atoms with E-state index in [0.717, 1.165) is 11.1 Å². The molecule has 0 aromatic heterocycles. The third-order valence-electron chi connectivity index (χ3n) is 4.64. The van der Waals surface area contributed by atoms with Crippen molar-refractivity contribution in [2.45, 2.75) is 19.3 Å². The van der Waals surface area contributed by atoms with Gasteiger partial charge < -0.3 is 10.1 Å². The van der Waals surface area contributed by atoms with E-state index in [-0.39, 0.29) is 17.6 Å². The number of nitrogens with zero attached hydrogens (tertiary/aromatic N) is 1. The highest BCUT2D eigenvalue weighted by molar-refractivity contribution is 6.11. The molecule has 0 saturated heterocycles. The van der Waals surface area contributed by atoms with Gasteiger partial charge in [0.2, 0.25) is 5.91 Å². The standard InChI is InChI=1S/C21H20N2O3/c1-13-5-3-6-14(9-13)17-11-18(17)20(24)19(12-22)21(25)23-15-7-4-8-16(10-15)26-2/h3-10,17-19H,11H2,1-2H3,(H,23,25). The van der Waals surface area contributed by atoms with Crippen molar-refractivity contribution in [1.82, 2.24) is 0 Å². The van der Waals surface area contributed by atoms with Crippen LogP contribution < -0.4 is 10.1 Å². The summed E-state index contributed by atoms with van der Waals surface area (Å²) in [4.78, 5) is 25.1. The molecular formula is C21H20N2O3. The zero-order chi connectivity index (χ0) is 18.7. The molecule has 1 aliphatic carbocycles. The van der Waals surface area contributed by atoms with Crippen LogP contribution >= 0.6 is 0 Å². The molecule has 1 amide bonds. The van der Waals surface area contributed by atoms with Gasteiger partial charge in [0.05, 0.1) is 13.2 Å². The Hall–Kier alpha value is -3.13. The molecule has 0 aliphatic heterocycles. The molecular weight excluding hydrogens is 328 g/mol. The van der Waals surface area contributed by atoms with Gasteiger partial charge in [-0.15, -0.1) is 0 Å². The second kappa shape index (κ2) is 7.40. The lowest BCUT2D eigenvalue weighted by molar-refractivity contribution is -0.129. The molecule has 5 heteroatoms. The predicted octanol–water partition coefficient (Wildman–Crippen LogP) is 3.45. The summed E-state index contributed by atoms with van der Waals surface area (Å²) in [7, 11) is 1.53. The van der Waals surface area contributed by atoms with Crippen LogP contribution in [0.25, 0.3) is 0 Å². The largest absolute Gasteiger partial charge is 0.497 e. The Morgan fingerprint density at radius 2 is 2.00 bits per heavy atom. The Morgan fingerprint density at radius 1 is 1.23 bits per heavy atom. The van der Waals surface area contributed by atoms with E-state index >= 15 is 0 Å². The van der Waals surface area contributed by atoms with Gasteiger partial charge in [0.15, 0.2) is 11.7 Å². The summed E-state index contributed by atoms with van der Waals surface area (Å²) in [6.45, 7) is 2.00. The molecule has 3 atom stereocenters. The lowest BCUT2D eigenvalue weighted by atomic mass is 9.97. The Balaban J connectivity index is 1.68. The van der Waals surface area contributed by atoms with Gasteiger partial charge in [0.1, 0.15) is 5.75 Å². The van der Waals surface area contributed by atoms with Gasteiger partial charge in [-0.3, -0.25) is 9.59 Å². The topological polar surface area (TPSA) is 79.2 Å². The lowest BCUT2D eigenvalue weighted by Gasteiger charge is -2.10. The monoisotopic (exact) mass is 348 g/mol. The molecule has 3 unspecified atom stereocenters. The molecule has 1 fully saturated rings. The molecule has 1 aliphatic rings. The molecule has 0 radical (unpaired) electrons. The Kier molecular flexibility index (Phi) is 5.04. The van der Waals surface area contributed by atoms with Gasteiger partial charge >= 0.3 is 0 Å². The normalized spacial score (nSPS) is 19.1. The molecule has 2 aromatic carbocycles. The van der Waals surface area contributed by atoms with E-state index in [1.54, 1.807) is 24.3 Å². The van der Waals surface area contributed by atoms with Gasteiger partial charge in [0, 0.05) is 17.7 Å². The first-order valence-electron chi connectivity index (χ1n) is 8.48. The highest BCUT2D eigenvalue weighted by Crippen LogP contribution is 2.49. The summed E-state index contributed by atoms with van der Waals surface area (Å²) < 4.78 is 5.11. The van der Waals surface area contributed by atoms with E-state index in [0.29, 0.717) is 17.9 Å². The number of nitriles is 1. The smallest absolute Gasteiger partial charge is 0.249 e. The molecule has 0 heterocycles. The number of nitrogens with one attached hydrogen (secondary N) is 1. The second-order valence-electron chi connectivity index (χ2n) is 6.55. The minimum absolute atomic E-state index is 0.0999. The van der Waals surface area contributed by atoms with Crippen molar-refractivity contribution in [2.75, 3.05) is 12.4 Å². The zero-order valence-electron chi connectivity index (χ0n) is 14.7. The molecule has 3 rings (SSSR count). The fourth-order valence-corrected chi connectivity index (χ4v) is 3.16.